The van der Waals surface area contributed by atoms with E-state index < -0.39 is 0 Å². The van der Waals surface area contributed by atoms with Gasteiger partial charge in [0.05, 0.1) is 0 Å². The Bertz CT molecular complexity index is 97.7. The van der Waals surface area contributed by atoms with Crippen LogP contribution in [0, 0.1) is 5.92 Å². The van der Waals surface area contributed by atoms with Crippen molar-refractivity contribution in [1.29, 1.82) is 0 Å². The van der Waals surface area contributed by atoms with E-state index in [2.05, 4.69) is 5.32 Å². The fourth-order valence-electron chi connectivity index (χ4n) is 2.02. The zero-order valence-electron chi connectivity index (χ0n) is 7.47. The predicted molar refractivity (Wildman–Crippen MR) is 48.5 cm³/mol. The van der Waals surface area contributed by atoms with Crippen molar-refractivity contribution in [2.24, 2.45) is 11.7 Å². The first-order valence-corrected chi connectivity index (χ1v) is 4.73. The van der Waals surface area contributed by atoms with Crippen molar-refractivity contribution in [3.63, 3.8) is 0 Å². The molecule has 1 aliphatic carbocycles. The third-order valence-corrected chi connectivity index (χ3v) is 2.58. The first kappa shape index (κ1) is 9.01. The molecule has 0 saturated heterocycles. The second-order valence-corrected chi connectivity index (χ2v) is 3.70. The van der Waals surface area contributed by atoms with E-state index >= 15 is 0 Å². The monoisotopic (exact) mass is 156 g/mol. The molecule has 0 spiro atoms. The van der Waals surface area contributed by atoms with E-state index in [1.807, 2.05) is 7.05 Å². The average Bonchev–Trinajstić information content (AvgIpc) is 2.40. The first-order chi connectivity index (χ1) is 5.33. The largest absolute Gasteiger partial charge is 0.327 e. The SMILES string of the molecule is CNCC(N)CC1CCCC1. The van der Waals surface area contributed by atoms with Crippen molar-refractivity contribution in [3.05, 3.63) is 0 Å². The van der Waals surface area contributed by atoms with Crippen LogP contribution in [0.2, 0.25) is 0 Å². The summed E-state index contributed by atoms with van der Waals surface area (Å²) in [5.41, 5.74) is 5.90. The summed E-state index contributed by atoms with van der Waals surface area (Å²) >= 11 is 0. The van der Waals surface area contributed by atoms with Crippen LogP contribution in [0.3, 0.4) is 0 Å². The standard InChI is InChI=1S/C9H20N2/c1-11-7-9(10)6-8-4-2-3-5-8/h8-9,11H,2-7,10H2,1H3. The first-order valence-electron chi connectivity index (χ1n) is 4.73. The molecule has 66 valence electrons. The summed E-state index contributed by atoms with van der Waals surface area (Å²) in [5, 5.41) is 3.12. The molecule has 0 amide bonds. The lowest BCUT2D eigenvalue weighted by Crippen LogP contribution is -2.33. The van der Waals surface area contributed by atoms with Gasteiger partial charge in [0, 0.05) is 12.6 Å². The van der Waals surface area contributed by atoms with Crippen LogP contribution in [0.25, 0.3) is 0 Å². The van der Waals surface area contributed by atoms with Gasteiger partial charge in [-0.2, -0.15) is 0 Å². The molecule has 0 aromatic carbocycles. The zero-order chi connectivity index (χ0) is 8.10. The summed E-state index contributed by atoms with van der Waals surface area (Å²) in [6, 6.07) is 0.378. The maximum Gasteiger partial charge on any atom is 0.0167 e. The third-order valence-electron chi connectivity index (χ3n) is 2.58. The molecule has 1 unspecified atom stereocenters. The molecule has 0 heterocycles. The highest BCUT2D eigenvalue weighted by atomic mass is 14.9. The van der Waals surface area contributed by atoms with Gasteiger partial charge in [-0.15, -0.1) is 0 Å². The predicted octanol–water partition coefficient (Wildman–Crippen LogP) is 1.11. The minimum atomic E-state index is 0.378. The van der Waals surface area contributed by atoms with E-state index in [0.29, 0.717) is 6.04 Å². The molecule has 1 saturated carbocycles. The maximum absolute atomic E-state index is 5.90. The van der Waals surface area contributed by atoms with Crippen molar-refractivity contribution in [2.45, 2.75) is 38.1 Å². The van der Waals surface area contributed by atoms with Crippen LogP contribution in [0.5, 0.6) is 0 Å². The lowest BCUT2D eigenvalue weighted by molar-refractivity contribution is 0.433. The minimum absolute atomic E-state index is 0.378. The van der Waals surface area contributed by atoms with Gasteiger partial charge in [0.1, 0.15) is 0 Å². The van der Waals surface area contributed by atoms with Crippen LogP contribution in [0.1, 0.15) is 32.1 Å². The van der Waals surface area contributed by atoms with E-state index in [1.54, 1.807) is 0 Å². The topological polar surface area (TPSA) is 38.0 Å². The Morgan fingerprint density at radius 2 is 2.09 bits per heavy atom. The van der Waals surface area contributed by atoms with Crippen LogP contribution >= 0.6 is 0 Å². The maximum atomic E-state index is 5.90. The van der Waals surface area contributed by atoms with Gasteiger partial charge in [0.2, 0.25) is 0 Å². The lowest BCUT2D eigenvalue weighted by atomic mass is 9.99. The number of nitrogens with one attached hydrogen (secondary N) is 1. The second kappa shape index (κ2) is 4.73. The average molecular weight is 156 g/mol. The van der Waals surface area contributed by atoms with Crippen molar-refractivity contribution < 1.29 is 0 Å². The Kier molecular flexibility index (Phi) is 3.87. The smallest absolute Gasteiger partial charge is 0.0167 e. The van der Waals surface area contributed by atoms with E-state index in [0.717, 1.165) is 12.5 Å². The van der Waals surface area contributed by atoms with E-state index in [4.69, 9.17) is 5.73 Å². The Balaban J connectivity index is 2.08. The fraction of sp³-hybridized carbons (Fsp3) is 1.00. The van der Waals surface area contributed by atoms with Crippen LogP contribution in [-0.2, 0) is 0 Å². The van der Waals surface area contributed by atoms with E-state index in [9.17, 15) is 0 Å². The summed E-state index contributed by atoms with van der Waals surface area (Å²) in [6.45, 7) is 0.969. The molecule has 11 heavy (non-hydrogen) atoms. The van der Waals surface area contributed by atoms with Gasteiger partial charge in [-0.05, 0) is 19.4 Å². The number of hydrogen-bond donors (Lipinski definition) is 2. The summed E-state index contributed by atoms with van der Waals surface area (Å²) in [5.74, 6) is 0.929. The normalized spacial score (nSPS) is 22.4. The number of rotatable bonds is 4. The molecule has 1 aliphatic rings. The fourth-order valence-corrected chi connectivity index (χ4v) is 2.02. The Hall–Kier alpha value is -0.0800. The summed E-state index contributed by atoms with van der Waals surface area (Å²) in [4.78, 5) is 0. The summed E-state index contributed by atoms with van der Waals surface area (Å²) in [7, 11) is 1.97. The van der Waals surface area contributed by atoms with Crippen molar-refractivity contribution in [3.8, 4) is 0 Å². The molecule has 0 aromatic heterocycles. The summed E-state index contributed by atoms with van der Waals surface area (Å²) < 4.78 is 0. The Labute approximate surface area is 69.5 Å². The molecule has 0 bridgehead atoms. The van der Waals surface area contributed by atoms with Crippen molar-refractivity contribution in [2.75, 3.05) is 13.6 Å². The number of hydrogen-bond acceptors (Lipinski definition) is 2. The molecule has 1 fully saturated rings. The van der Waals surface area contributed by atoms with Crippen LogP contribution < -0.4 is 11.1 Å². The molecule has 0 aromatic rings. The van der Waals surface area contributed by atoms with Gasteiger partial charge in [-0.3, -0.25) is 0 Å². The van der Waals surface area contributed by atoms with E-state index in [-0.39, 0.29) is 0 Å². The van der Waals surface area contributed by atoms with Crippen molar-refractivity contribution in [1.82, 2.24) is 5.32 Å². The molecule has 1 atom stereocenters. The van der Waals surface area contributed by atoms with Gasteiger partial charge in [-0.25, -0.2) is 0 Å². The minimum Gasteiger partial charge on any atom is -0.327 e. The second-order valence-electron chi connectivity index (χ2n) is 3.70. The molecular formula is C9H20N2. The van der Waals surface area contributed by atoms with Crippen molar-refractivity contribution >= 4 is 0 Å². The third kappa shape index (κ3) is 3.21. The Morgan fingerprint density at radius 3 is 2.64 bits per heavy atom. The highest BCUT2D eigenvalue weighted by Gasteiger charge is 2.17. The molecule has 3 N–H and O–H groups in total. The number of nitrogens with two attached hydrogens (primary N) is 1. The Morgan fingerprint density at radius 1 is 1.45 bits per heavy atom. The van der Waals surface area contributed by atoms with Gasteiger partial charge < -0.3 is 11.1 Å². The molecule has 0 radical (unpaired) electrons. The number of likely N-dealkylation sites (N-methyl/N-ethyl adjacent to an activating group) is 1. The lowest BCUT2D eigenvalue weighted by Gasteiger charge is -2.15. The van der Waals surface area contributed by atoms with Crippen LogP contribution in [0.4, 0.5) is 0 Å². The zero-order valence-corrected chi connectivity index (χ0v) is 7.47. The molecular weight excluding hydrogens is 136 g/mol. The highest BCUT2D eigenvalue weighted by molar-refractivity contribution is 4.74. The quantitative estimate of drug-likeness (QED) is 0.640. The van der Waals surface area contributed by atoms with Gasteiger partial charge in [0.15, 0.2) is 0 Å². The van der Waals surface area contributed by atoms with Gasteiger partial charge >= 0.3 is 0 Å². The van der Waals surface area contributed by atoms with Crippen LogP contribution in [0.15, 0.2) is 0 Å². The highest BCUT2D eigenvalue weighted by Crippen LogP contribution is 2.27. The van der Waals surface area contributed by atoms with Gasteiger partial charge in [-0.1, -0.05) is 25.7 Å². The molecule has 0 aliphatic heterocycles. The molecule has 2 heteroatoms. The summed E-state index contributed by atoms with van der Waals surface area (Å²) in [6.07, 6.45) is 6.91. The molecule has 1 rings (SSSR count). The molecule has 2 nitrogen and oxygen atoms in total. The van der Waals surface area contributed by atoms with Gasteiger partial charge in [0.25, 0.3) is 0 Å². The van der Waals surface area contributed by atoms with Crippen LogP contribution in [-0.4, -0.2) is 19.6 Å². The van der Waals surface area contributed by atoms with E-state index in [1.165, 1.54) is 32.1 Å².